The Morgan fingerprint density at radius 1 is 1.26 bits per heavy atom. The van der Waals surface area contributed by atoms with Gasteiger partial charge in [0.25, 0.3) is 0 Å². The number of aromatic nitrogens is 2. The molecular weight excluding hydrogens is 313 g/mol. The molecular formula is C14H15F3N4O2. The Kier molecular flexibility index (Phi) is 4.69. The van der Waals surface area contributed by atoms with E-state index in [2.05, 4.69) is 20.0 Å². The first-order valence-electron chi connectivity index (χ1n) is 6.76. The molecule has 0 aliphatic heterocycles. The zero-order chi connectivity index (χ0) is 17.2. The highest BCUT2D eigenvalue weighted by molar-refractivity contribution is 5.95. The van der Waals surface area contributed by atoms with Crippen LogP contribution < -0.4 is 11.1 Å². The van der Waals surface area contributed by atoms with Gasteiger partial charge in [0.1, 0.15) is 0 Å². The van der Waals surface area contributed by atoms with Crippen LogP contribution in [0.2, 0.25) is 0 Å². The van der Waals surface area contributed by atoms with Crippen molar-refractivity contribution in [3.63, 3.8) is 0 Å². The van der Waals surface area contributed by atoms with Crippen molar-refractivity contribution in [2.45, 2.75) is 26.1 Å². The largest absolute Gasteiger partial charge is 0.471 e. The van der Waals surface area contributed by atoms with Crippen LogP contribution in [-0.2, 0) is 11.0 Å². The molecule has 0 fully saturated rings. The van der Waals surface area contributed by atoms with E-state index < -0.39 is 18.1 Å². The molecule has 3 N–H and O–H groups in total. The van der Waals surface area contributed by atoms with E-state index in [1.54, 1.807) is 0 Å². The number of amides is 1. The van der Waals surface area contributed by atoms with Crippen LogP contribution in [0.25, 0.3) is 11.4 Å². The zero-order valence-corrected chi connectivity index (χ0v) is 12.4. The molecule has 0 spiro atoms. The number of benzene rings is 1. The van der Waals surface area contributed by atoms with Gasteiger partial charge < -0.3 is 15.6 Å². The Morgan fingerprint density at radius 3 is 2.35 bits per heavy atom. The second-order valence-electron chi connectivity index (χ2n) is 5.26. The predicted molar refractivity (Wildman–Crippen MR) is 76.2 cm³/mol. The van der Waals surface area contributed by atoms with Gasteiger partial charge in [-0.3, -0.25) is 4.79 Å². The van der Waals surface area contributed by atoms with E-state index in [-0.39, 0.29) is 17.6 Å². The van der Waals surface area contributed by atoms with E-state index in [0.29, 0.717) is 11.3 Å². The molecule has 124 valence electrons. The molecule has 0 aliphatic carbocycles. The molecule has 0 unspecified atom stereocenters. The number of hydrogen-bond donors (Lipinski definition) is 2. The molecule has 0 bridgehead atoms. The molecule has 1 atom stereocenters. The molecule has 6 nitrogen and oxygen atoms in total. The highest BCUT2D eigenvalue weighted by Crippen LogP contribution is 2.29. The lowest BCUT2D eigenvalue weighted by Crippen LogP contribution is -2.39. The normalized spacial score (nSPS) is 13.2. The van der Waals surface area contributed by atoms with Crippen LogP contribution >= 0.6 is 0 Å². The molecule has 2 aromatic rings. The Bertz CT molecular complexity index is 680. The van der Waals surface area contributed by atoms with Crippen molar-refractivity contribution in [2.75, 3.05) is 5.32 Å². The molecule has 0 aliphatic rings. The standard InChI is InChI=1S/C14H15F3N4O2/c1-7(2)10(18)12(22)19-9-5-3-8(4-6-9)11-20-13(23-21-11)14(15,16)17/h3-7,10H,18H2,1-2H3,(H,19,22)/t10-/m0/s1. The predicted octanol–water partition coefficient (Wildman–Crippen LogP) is 2.68. The fourth-order valence-electron chi connectivity index (χ4n) is 1.69. The van der Waals surface area contributed by atoms with Crippen molar-refractivity contribution >= 4 is 11.6 Å². The monoisotopic (exact) mass is 328 g/mol. The Labute approximate surface area is 129 Å². The van der Waals surface area contributed by atoms with Gasteiger partial charge >= 0.3 is 12.1 Å². The Hall–Kier alpha value is -2.42. The summed E-state index contributed by atoms with van der Waals surface area (Å²) in [7, 11) is 0. The molecule has 1 aromatic heterocycles. The maximum Gasteiger partial charge on any atom is 0.471 e. The van der Waals surface area contributed by atoms with Gasteiger partial charge in [0.2, 0.25) is 11.7 Å². The third-order valence-electron chi connectivity index (χ3n) is 3.10. The first-order valence-corrected chi connectivity index (χ1v) is 6.76. The summed E-state index contributed by atoms with van der Waals surface area (Å²) in [5.74, 6) is -1.96. The summed E-state index contributed by atoms with van der Waals surface area (Å²) in [4.78, 5) is 15.1. The molecule has 1 amide bonds. The van der Waals surface area contributed by atoms with Crippen LogP contribution in [0, 0.1) is 5.92 Å². The van der Waals surface area contributed by atoms with E-state index in [1.807, 2.05) is 13.8 Å². The summed E-state index contributed by atoms with van der Waals surface area (Å²) in [5, 5.41) is 5.90. The second kappa shape index (κ2) is 6.37. The van der Waals surface area contributed by atoms with Crippen LogP contribution in [0.5, 0.6) is 0 Å². The number of carbonyl (C=O) groups excluding carboxylic acids is 1. The average molecular weight is 328 g/mol. The molecule has 0 saturated heterocycles. The Morgan fingerprint density at radius 2 is 1.87 bits per heavy atom. The summed E-state index contributed by atoms with van der Waals surface area (Å²) in [5.41, 5.74) is 6.52. The van der Waals surface area contributed by atoms with Crippen LogP contribution in [0.4, 0.5) is 18.9 Å². The first kappa shape index (κ1) is 16.9. The minimum Gasteiger partial charge on any atom is -0.329 e. The minimum absolute atomic E-state index is 0.0191. The van der Waals surface area contributed by atoms with Crippen LogP contribution in [0.3, 0.4) is 0 Å². The molecule has 1 aromatic carbocycles. The zero-order valence-electron chi connectivity index (χ0n) is 12.4. The number of rotatable bonds is 4. The number of anilines is 1. The van der Waals surface area contributed by atoms with Gasteiger partial charge in [0, 0.05) is 11.3 Å². The summed E-state index contributed by atoms with van der Waals surface area (Å²) in [6.45, 7) is 3.64. The van der Waals surface area contributed by atoms with Crippen LogP contribution in [0.15, 0.2) is 28.8 Å². The van der Waals surface area contributed by atoms with Crippen LogP contribution in [0.1, 0.15) is 19.7 Å². The average Bonchev–Trinajstić information content (AvgIpc) is 2.97. The second-order valence-corrected chi connectivity index (χ2v) is 5.26. The Balaban J connectivity index is 2.11. The summed E-state index contributed by atoms with van der Waals surface area (Å²) >= 11 is 0. The van der Waals surface area contributed by atoms with Gasteiger partial charge in [-0.2, -0.15) is 18.2 Å². The topological polar surface area (TPSA) is 94.0 Å². The van der Waals surface area contributed by atoms with E-state index in [0.717, 1.165) is 0 Å². The number of nitrogens with zero attached hydrogens (tertiary/aromatic N) is 2. The van der Waals surface area contributed by atoms with Gasteiger partial charge in [-0.05, 0) is 30.2 Å². The number of halogens is 3. The van der Waals surface area contributed by atoms with Crippen molar-refractivity contribution in [3.8, 4) is 11.4 Å². The first-order chi connectivity index (χ1) is 10.7. The highest BCUT2D eigenvalue weighted by atomic mass is 19.4. The van der Waals surface area contributed by atoms with E-state index in [1.165, 1.54) is 24.3 Å². The van der Waals surface area contributed by atoms with Crippen molar-refractivity contribution in [2.24, 2.45) is 11.7 Å². The van der Waals surface area contributed by atoms with Gasteiger partial charge in [0.15, 0.2) is 0 Å². The fraction of sp³-hybridized carbons (Fsp3) is 0.357. The number of nitrogens with one attached hydrogen (secondary N) is 1. The molecule has 0 radical (unpaired) electrons. The third-order valence-corrected chi connectivity index (χ3v) is 3.10. The molecule has 23 heavy (non-hydrogen) atoms. The lowest BCUT2D eigenvalue weighted by atomic mass is 10.0. The lowest BCUT2D eigenvalue weighted by molar-refractivity contribution is -0.159. The smallest absolute Gasteiger partial charge is 0.329 e. The van der Waals surface area contributed by atoms with E-state index in [4.69, 9.17) is 5.73 Å². The summed E-state index contributed by atoms with van der Waals surface area (Å²) in [6.07, 6.45) is -4.69. The maximum absolute atomic E-state index is 12.4. The SMILES string of the molecule is CC(C)[C@H](N)C(=O)Nc1ccc(-c2noc(C(F)(F)F)n2)cc1. The van der Waals surface area contributed by atoms with Crippen LogP contribution in [-0.4, -0.2) is 22.1 Å². The van der Waals surface area contributed by atoms with Gasteiger partial charge in [-0.15, -0.1) is 0 Å². The fourth-order valence-corrected chi connectivity index (χ4v) is 1.69. The lowest BCUT2D eigenvalue weighted by Gasteiger charge is -2.15. The van der Waals surface area contributed by atoms with Gasteiger partial charge in [0.05, 0.1) is 6.04 Å². The molecule has 9 heteroatoms. The quantitative estimate of drug-likeness (QED) is 0.900. The maximum atomic E-state index is 12.4. The molecule has 1 heterocycles. The molecule has 2 rings (SSSR count). The van der Waals surface area contributed by atoms with Gasteiger partial charge in [-0.25, -0.2) is 0 Å². The summed E-state index contributed by atoms with van der Waals surface area (Å²) in [6, 6.07) is 5.33. The number of hydrogen-bond acceptors (Lipinski definition) is 5. The van der Waals surface area contributed by atoms with Crippen molar-refractivity contribution in [1.29, 1.82) is 0 Å². The van der Waals surface area contributed by atoms with Crippen molar-refractivity contribution in [1.82, 2.24) is 10.1 Å². The van der Waals surface area contributed by atoms with E-state index in [9.17, 15) is 18.0 Å². The number of nitrogens with two attached hydrogens (primary N) is 1. The number of carbonyl (C=O) groups is 1. The van der Waals surface area contributed by atoms with E-state index >= 15 is 0 Å². The number of alkyl halides is 3. The molecule has 0 saturated carbocycles. The third kappa shape index (κ3) is 4.07. The van der Waals surface area contributed by atoms with Gasteiger partial charge in [-0.1, -0.05) is 19.0 Å². The van der Waals surface area contributed by atoms with Crippen molar-refractivity contribution in [3.05, 3.63) is 30.2 Å². The minimum atomic E-state index is -4.69. The highest BCUT2D eigenvalue weighted by Gasteiger charge is 2.38. The summed E-state index contributed by atoms with van der Waals surface area (Å²) < 4.78 is 41.4. The van der Waals surface area contributed by atoms with Crippen molar-refractivity contribution < 1.29 is 22.5 Å².